The lowest BCUT2D eigenvalue weighted by Gasteiger charge is -2.25. The predicted molar refractivity (Wildman–Crippen MR) is 120 cm³/mol. The second-order valence-electron chi connectivity index (χ2n) is 7.51. The van der Waals surface area contributed by atoms with E-state index in [1.807, 2.05) is 63.2 Å². The molecule has 5 nitrogen and oxygen atoms in total. The monoisotopic (exact) mass is 397 g/mol. The Hall–Kier alpha value is -3.73. The van der Waals surface area contributed by atoms with Gasteiger partial charge in [-0.05, 0) is 67.1 Å². The molecule has 4 rings (SSSR count). The summed E-state index contributed by atoms with van der Waals surface area (Å²) in [5, 5.41) is 0.944. The summed E-state index contributed by atoms with van der Waals surface area (Å²) < 4.78 is 0. The number of rotatable bonds is 4. The Balaban J connectivity index is 1.84. The van der Waals surface area contributed by atoms with Crippen LogP contribution in [-0.2, 0) is 6.54 Å². The topological polar surface area (TPSA) is 66.1 Å². The van der Waals surface area contributed by atoms with E-state index < -0.39 is 0 Å². The Labute approximate surface area is 175 Å². The summed E-state index contributed by atoms with van der Waals surface area (Å²) in [5.74, 6) is -0.194. The second-order valence-corrected chi connectivity index (χ2v) is 7.51. The average Bonchev–Trinajstić information content (AvgIpc) is 2.75. The molecule has 2 aromatic heterocycles. The number of nitrogens with zero attached hydrogens (tertiary/aromatic N) is 2. The van der Waals surface area contributed by atoms with E-state index in [9.17, 15) is 9.59 Å². The fourth-order valence-electron chi connectivity index (χ4n) is 3.66. The first kappa shape index (κ1) is 19.6. The van der Waals surface area contributed by atoms with Crippen LogP contribution in [0.2, 0.25) is 0 Å². The number of H-pyrrole nitrogens is 1. The summed E-state index contributed by atoms with van der Waals surface area (Å²) in [7, 11) is 0. The molecular weight excluding hydrogens is 374 g/mol. The van der Waals surface area contributed by atoms with Gasteiger partial charge >= 0.3 is 0 Å². The second kappa shape index (κ2) is 7.95. The molecule has 30 heavy (non-hydrogen) atoms. The van der Waals surface area contributed by atoms with Crippen LogP contribution in [0.3, 0.4) is 0 Å². The maximum Gasteiger partial charge on any atom is 0.260 e. The minimum Gasteiger partial charge on any atom is -0.321 e. The van der Waals surface area contributed by atoms with Crippen LogP contribution < -0.4 is 10.5 Å². The van der Waals surface area contributed by atoms with E-state index in [2.05, 4.69) is 9.97 Å². The first-order valence-corrected chi connectivity index (χ1v) is 9.85. The first-order chi connectivity index (χ1) is 14.5. The molecule has 0 bridgehead atoms. The quantitative estimate of drug-likeness (QED) is 0.543. The number of para-hydroxylation sites is 1. The number of aromatic amines is 1. The zero-order valence-corrected chi connectivity index (χ0v) is 17.3. The van der Waals surface area contributed by atoms with Crippen LogP contribution in [0.5, 0.6) is 0 Å². The number of hydrogen-bond donors (Lipinski definition) is 1. The van der Waals surface area contributed by atoms with Crippen LogP contribution >= 0.6 is 0 Å². The maximum atomic E-state index is 13.4. The number of pyridine rings is 2. The number of carbonyl (C=O) groups is 1. The van der Waals surface area contributed by atoms with Gasteiger partial charge in [-0.25, -0.2) is 0 Å². The van der Waals surface area contributed by atoms with Crippen molar-refractivity contribution in [2.75, 3.05) is 4.90 Å². The third-order valence-corrected chi connectivity index (χ3v) is 5.51. The number of aryl methyl sites for hydroxylation is 2. The molecule has 0 fully saturated rings. The summed E-state index contributed by atoms with van der Waals surface area (Å²) in [6.07, 6.45) is 3.18. The Kier molecular flexibility index (Phi) is 5.19. The van der Waals surface area contributed by atoms with E-state index in [4.69, 9.17) is 0 Å². The highest BCUT2D eigenvalue weighted by atomic mass is 16.2. The molecule has 0 saturated heterocycles. The van der Waals surface area contributed by atoms with E-state index in [-0.39, 0.29) is 18.0 Å². The molecule has 5 heteroatoms. The van der Waals surface area contributed by atoms with Gasteiger partial charge in [-0.3, -0.25) is 14.6 Å². The molecule has 0 aliphatic rings. The van der Waals surface area contributed by atoms with Gasteiger partial charge in [-0.2, -0.15) is 0 Å². The van der Waals surface area contributed by atoms with Crippen LogP contribution in [0.15, 0.2) is 71.8 Å². The van der Waals surface area contributed by atoms with Crippen LogP contribution in [0.1, 0.15) is 32.6 Å². The summed E-state index contributed by atoms with van der Waals surface area (Å²) in [4.78, 5) is 35.0. The van der Waals surface area contributed by atoms with Gasteiger partial charge in [0.15, 0.2) is 0 Å². The zero-order valence-electron chi connectivity index (χ0n) is 17.3. The summed E-state index contributed by atoms with van der Waals surface area (Å²) in [6.45, 7) is 6.13. The van der Waals surface area contributed by atoms with E-state index >= 15 is 0 Å². The number of carbonyl (C=O) groups excluding carboxylic acids is 1. The number of fused-ring (bicyclic) bond motifs is 1. The largest absolute Gasteiger partial charge is 0.321 e. The van der Waals surface area contributed by atoms with Crippen molar-refractivity contribution in [1.82, 2.24) is 9.97 Å². The van der Waals surface area contributed by atoms with Crippen LogP contribution in [0.25, 0.3) is 10.9 Å². The van der Waals surface area contributed by atoms with E-state index in [1.54, 1.807) is 29.4 Å². The normalized spacial score (nSPS) is 10.9. The molecule has 2 heterocycles. The molecule has 0 spiro atoms. The van der Waals surface area contributed by atoms with Crippen LogP contribution in [-0.4, -0.2) is 15.9 Å². The van der Waals surface area contributed by atoms with E-state index in [0.29, 0.717) is 11.1 Å². The van der Waals surface area contributed by atoms with Crippen molar-refractivity contribution < 1.29 is 4.79 Å². The molecule has 1 amide bonds. The fraction of sp³-hybridized carbons (Fsp3) is 0.160. The van der Waals surface area contributed by atoms with Gasteiger partial charge in [0.25, 0.3) is 11.5 Å². The highest BCUT2D eigenvalue weighted by molar-refractivity contribution is 6.06. The lowest BCUT2D eigenvalue weighted by atomic mass is 10.0. The number of benzene rings is 2. The van der Waals surface area contributed by atoms with Crippen molar-refractivity contribution in [3.05, 3.63) is 105 Å². The first-order valence-electron chi connectivity index (χ1n) is 9.85. The minimum absolute atomic E-state index is 0.164. The number of amides is 1. The molecule has 0 aliphatic carbocycles. The Morgan fingerprint density at radius 2 is 1.77 bits per heavy atom. The van der Waals surface area contributed by atoms with Crippen molar-refractivity contribution in [1.29, 1.82) is 0 Å². The molecule has 0 saturated carbocycles. The fourth-order valence-corrected chi connectivity index (χ4v) is 3.66. The van der Waals surface area contributed by atoms with Gasteiger partial charge in [0, 0.05) is 23.6 Å². The minimum atomic E-state index is -0.194. The molecular formula is C25H23N3O2. The van der Waals surface area contributed by atoms with Crippen molar-refractivity contribution in [2.45, 2.75) is 27.3 Å². The number of nitrogens with one attached hydrogen (secondary N) is 1. The van der Waals surface area contributed by atoms with Crippen molar-refractivity contribution in [2.24, 2.45) is 0 Å². The summed E-state index contributed by atoms with van der Waals surface area (Å²) in [5.41, 5.74) is 5.52. The zero-order chi connectivity index (χ0) is 21.3. The third-order valence-electron chi connectivity index (χ3n) is 5.51. The molecule has 0 atom stereocenters. The van der Waals surface area contributed by atoms with Crippen LogP contribution in [0.4, 0.5) is 5.69 Å². The number of anilines is 1. The van der Waals surface area contributed by atoms with Gasteiger partial charge in [-0.1, -0.05) is 30.3 Å². The van der Waals surface area contributed by atoms with E-state index in [0.717, 1.165) is 33.3 Å². The van der Waals surface area contributed by atoms with Gasteiger partial charge in [0.05, 0.1) is 17.6 Å². The summed E-state index contributed by atoms with van der Waals surface area (Å²) >= 11 is 0. The van der Waals surface area contributed by atoms with E-state index in [1.165, 1.54) is 0 Å². The van der Waals surface area contributed by atoms with Gasteiger partial charge in [0.1, 0.15) is 0 Å². The van der Waals surface area contributed by atoms with Crippen LogP contribution in [0, 0.1) is 20.8 Å². The average molecular weight is 397 g/mol. The van der Waals surface area contributed by atoms with Crippen molar-refractivity contribution in [3.8, 4) is 0 Å². The Morgan fingerprint density at radius 3 is 2.53 bits per heavy atom. The predicted octanol–water partition coefficient (Wildman–Crippen LogP) is 4.70. The Morgan fingerprint density at radius 1 is 1.00 bits per heavy atom. The van der Waals surface area contributed by atoms with Crippen molar-refractivity contribution in [3.63, 3.8) is 0 Å². The van der Waals surface area contributed by atoms with Gasteiger partial charge in [-0.15, -0.1) is 0 Å². The molecule has 0 radical (unpaired) electrons. The van der Waals surface area contributed by atoms with Crippen molar-refractivity contribution >= 4 is 22.5 Å². The lowest BCUT2D eigenvalue weighted by Crippen LogP contribution is -2.33. The molecule has 4 aromatic rings. The molecule has 0 unspecified atom stereocenters. The molecule has 150 valence electrons. The number of aromatic nitrogens is 2. The number of hydrogen-bond acceptors (Lipinski definition) is 3. The lowest BCUT2D eigenvalue weighted by molar-refractivity contribution is 0.0984. The molecule has 0 aliphatic heterocycles. The Bertz CT molecular complexity index is 1290. The maximum absolute atomic E-state index is 13.4. The van der Waals surface area contributed by atoms with Gasteiger partial charge in [0.2, 0.25) is 0 Å². The molecule has 2 aromatic carbocycles. The van der Waals surface area contributed by atoms with Gasteiger partial charge < -0.3 is 9.88 Å². The molecule has 1 N–H and O–H groups in total. The highest BCUT2D eigenvalue weighted by Crippen LogP contribution is 2.26. The SMILES string of the molecule is Cc1cccc(N(Cc2cc3cccc(C)c3[nH]c2=O)C(=O)c2cccnc2)c1C. The standard InChI is InChI=1S/C25H23N3O2/c1-16-7-5-11-22(18(16)3)28(25(30)20-10-6-12-26-14-20)15-21-13-19-9-4-8-17(2)23(19)27-24(21)29/h4-14H,15H2,1-3H3,(H,27,29). The summed E-state index contributed by atoms with van der Waals surface area (Å²) in [6, 6.07) is 17.1. The smallest absolute Gasteiger partial charge is 0.260 e. The highest BCUT2D eigenvalue weighted by Gasteiger charge is 2.22. The third kappa shape index (κ3) is 3.62.